The summed E-state index contributed by atoms with van der Waals surface area (Å²) in [6.07, 6.45) is 6.33. The molecule has 1 unspecified atom stereocenters. The molecule has 2 aromatic rings. The predicted octanol–water partition coefficient (Wildman–Crippen LogP) is 2.36. The highest BCUT2D eigenvalue weighted by molar-refractivity contribution is 5.34. The minimum Gasteiger partial charge on any atom is -0.495 e. The average molecular weight is 257 g/mol. The number of nitrogens with zero attached hydrogens (tertiary/aromatic N) is 2. The van der Waals surface area contributed by atoms with E-state index in [0.717, 1.165) is 23.4 Å². The summed E-state index contributed by atoms with van der Waals surface area (Å²) in [7, 11) is 3.58. The first-order chi connectivity index (χ1) is 9.30. The van der Waals surface area contributed by atoms with E-state index in [0.29, 0.717) is 0 Å². The third-order valence-corrected chi connectivity index (χ3v) is 3.17. The van der Waals surface area contributed by atoms with Crippen LogP contribution in [0.2, 0.25) is 0 Å². The van der Waals surface area contributed by atoms with E-state index >= 15 is 0 Å². The number of ether oxygens (including phenoxy) is 1. The Morgan fingerprint density at radius 2 is 2.21 bits per heavy atom. The molecule has 1 atom stereocenters. The minimum atomic E-state index is 0.0266. The Morgan fingerprint density at radius 1 is 1.37 bits per heavy atom. The number of aryl methyl sites for hydroxylation is 1. The van der Waals surface area contributed by atoms with E-state index in [2.05, 4.69) is 28.3 Å². The van der Waals surface area contributed by atoms with Gasteiger partial charge in [0.05, 0.1) is 25.0 Å². The maximum atomic E-state index is 5.23. The summed E-state index contributed by atoms with van der Waals surface area (Å²) in [4.78, 5) is 8.73. The fourth-order valence-corrected chi connectivity index (χ4v) is 2.18. The van der Waals surface area contributed by atoms with Crippen molar-refractivity contribution >= 4 is 0 Å². The van der Waals surface area contributed by atoms with Crippen molar-refractivity contribution in [3.05, 3.63) is 53.6 Å². The van der Waals surface area contributed by atoms with Crippen molar-refractivity contribution in [2.24, 2.45) is 0 Å². The third kappa shape index (κ3) is 2.90. The molecule has 0 aromatic carbocycles. The van der Waals surface area contributed by atoms with Gasteiger partial charge in [-0.15, -0.1) is 0 Å². The lowest BCUT2D eigenvalue weighted by molar-refractivity contribution is 0.411. The smallest absolute Gasteiger partial charge is 0.137 e. The van der Waals surface area contributed by atoms with Crippen LogP contribution in [0.25, 0.3) is 0 Å². The van der Waals surface area contributed by atoms with Crippen LogP contribution in [-0.2, 0) is 6.42 Å². The van der Waals surface area contributed by atoms with Crippen molar-refractivity contribution in [2.45, 2.75) is 19.4 Å². The lowest BCUT2D eigenvalue weighted by Gasteiger charge is -2.19. The van der Waals surface area contributed by atoms with Gasteiger partial charge in [-0.25, -0.2) is 0 Å². The molecule has 0 radical (unpaired) electrons. The zero-order valence-electron chi connectivity index (χ0n) is 11.6. The molecule has 1 N–H and O–H groups in total. The van der Waals surface area contributed by atoms with Crippen LogP contribution in [0.1, 0.15) is 29.8 Å². The Labute approximate surface area is 113 Å². The van der Waals surface area contributed by atoms with Crippen molar-refractivity contribution in [1.82, 2.24) is 15.3 Å². The highest BCUT2D eigenvalue weighted by Crippen LogP contribution is 2.25. The first-order valence-corrected chi connectivity index (χ1v) is 6.40. The molecule has 4 nitrogen and oxygen atoms in total. The SMILES string of the molecule is CCc1cccnc1C(NC)c1cncc(OC)c1. The third-order valence-electron chi connectivity index (χ3n) is 3.17. The van der Waals surface area contributed by atoms with Gasteiger partial charge in [0.25, 0.3) is 0 Å². The molecule has 0 aliphatic carbocycles. The standard InChI is InChI=1S/C15H19N3O/c1-4-11-6-5-7-18-15(11)14(16-2)12-8-13(19-3)10-17-9-12/h5-10,14,16H,4H2,1-3H3. The van der Waals surface area contributed by atoms with Crippen LogP contribution in [0.5, 0.6) is 5.75 Å². The van der Waals surface area contributed by atoms with Gasteiger partial charge in [-0.05, 0) is 36.7 Å². The number of hydrogen-bond donors (Lipinski definition) is 1. The molecular formula is C15H19N3O. The quantitative estimate of drug-likeness (QED) is 0.893. The number of pyridine rings is 2. The summed E-state index contributed by atoms with van der Waals surface area (Å²) in [5, 5.41) is 3.30. The Balaban J connectivity index is 2.43. The number of nitrogens with one attached hydrogen (secondary N) is 1. The molecule has 0 aliphatic heterocycles. The topological polar surface area (TPSA) is 47.0 Å². The molecule has 0 spiro atoms. The van der Waals surface area contributed by atoms with Crippen molar-refractivity contribution in [3.8, 4) is 5.75 Å². The van der Waals surface area contributed by atoms with Gasteiger partial charge in [-0.1, -0.05) is 13.0 Å². The average Bonchev–Trinajstić information content (AvgIpc) is 2.49. The van der Waals surface area contributed by atoms with Gasteiger partial charge in [-0.3, -0.25) is 9.97 Å². The first-order valence-electron chi connectivity index (χ1n) is 6.40. The maximum Gasteiger partial charge on any atom is 0.137 e. The van der Waals surface area contributed by atoms with E-state index < -0.39 is 0 Å². The Hall–Kier alpha value is -1.94. The largest absolute Gasteiger partial charge is 0.495 e. The van der Waals surface area contributed by atoms with Crippen LogP contribution in [0.4, 0.5) is 0 Å². The normalized spacial score (nSPS) is 12.2. The van der Waals surface area contributed by atoms with Crippen molar-refractivity contribution in [1.29, 1.82) is 0 Å². The summed E-state index contributed by atoms with van der Waals surface area (Å²) in [5.41, 5.74) is 3.34. The second-order valence-electron chi connectivity index (χ2n) is 4.28. The molecule has 2 aromatic heterocycles. The van der Waals surface area contributed by atoms with E-state index in [1.54, 1.807) is 13.3 Å². The summed E-state index contributed by atoms with van der Waals surface area (Å²) < 4.78 is 5.23. The van der Waals surface area contributed by atoms with Gasteiger partial charge < -0.3 is 10.1 Å². The van der Waals surface area contributed by atoms with E-state index in [1.807, 2.05) is 31.6 Å². The molecule has 0 aliphatic rings. The van der Waals surface area contributed by atoms with Gasteiger partial charge in [0, 0.05) is 12.4 Å². The molecule has 100 valence electrons. The summed E-state index contributed by atoms with van der Waals surface area (Å²) >= 11 is 0. The fourth-order valence-electron chi connectivity index (χ4n) is 2.18. The Kier molecular flexibility index (Phi) is 4.47. The van der Waals surface area contributed by atoms with Crippen molar-refractivity contribution < 1.29 is 4.74 Å². The molecule has 0 fully saturated rings. The number of aromatic nitrogens is 2. The van der Waals surface area contributed by atoms with Gasteiger partial charge in [0.15, 0.2) is 0 Å². The van der Waals surface area contributed by atoms with Crippen LogP contribution in [0.15, 0.2) is 36.8 Å². The predicted molar refractivity (Wildman–Crippen MR) is 75.3 cm³/mol. The lowest BCUT2D eigenvalue weighted by atomic mass is 9.99. The van der Waals surface area contributed by atoms with Gasteiger partial charge in [0.2, 0.25) is 0 Å². The van der Waals surface area contributed by atoms with Crippen LogP contribution in [0, 0.1) is 0 Å². The zero-order chi connectivity index (χ0) is 13.7. The molecule has 0 amide bonds. The fraction of sp³-hybridized carbons (Fsp3) is 0.333. The molecule has 0 saturated carbocycles. The van der Waals surface area contributed by atoms with E-state index in [4.69, 9.17) is 4.74 Å². The second-order valence-corrected chi connectivity index (χ2v) is 4.28. The van der Waals surface area contributed by atoms with E-state index in [1.165, 1.54) is 5.56 Å². The maximum absolute atomic E-state index is 5.23. The Bertz CT molecular complexity index is 542. The molecule has 19 heavy (non-hydrogen) atoms. The van der Waals surface area contributed by atoms with Gasteiger partial charge in [-0.2, -0.15) is 0 Å². The van der Waals surface area contributed by atoms with Crippen LogP contribution in [-0.4, -0.2) is 24.1 Å². The monoisotopic (exact) mass is 257 g/mol. The first kappa shape index (κ1) is 13.5. The van der Waals surface area contributed by atoms with Crippen LogP contribution >= 0.6 is 0 Å². The van der Waals surface area contributed by atoms with Crippen molar-refractivity contribution in [3.63, 3.8) is 0 Å². The molecular weight excluding hydrogens is 238 g/mol. The number of rotatable bonds is 5. The summed E-state index contributed by atoms with van der Waals surface area (Å²) in [6, 6.07) is 6.10. The number of methoxy groups -OCH3 is 1. The number of hydrogen-bond acceptors (Lipinski definition) is 4. The van der Waals surface area contributed by atoms with E-state index in [-0.39, 0.29) is 6.04 Å². The van der Waals surface area contributed by atoms with Gasteiger partial charge >= 0.3 is 0 Å². The Morgan fingerprint density at radius 3 is 2.89 bits per heavy atom. The molecule has 2 heterocycles. The zero-order valence-corrected chi connectivity index (χ0v) is 11.6. The molecule has 4 heteroatoms. The molecule has 0 bridgehead atoms. The molecule has 0 saturated heterocycles. The van der Waals surface area contributed by atoms with Crippen LogP contribution < -0.4 is 10.1 Å². The van der Waals surface area contributed by atoms with E-state index in [9.17, 15) is 0 Å². The lowest BCUT2D eigenvalue weighted by Crippen LogP contribution is -2.20. The van der Waals surface area contributed by atoms with Gasteiger partial charge in [0.1, 0.15) is 5.75 Å². The molecule has 2 rings (SSSR count). The van der Waals surface area contributed by atoms with Crippen molar-refractivity contribution in [2.75, 3.05) is 14.2 Å². The second kappa shape index (κ2) is 6.29. The highest BCUT2D eigenvalue weighted by atomic mass is 16.5. The summed E-state index contributed by atoms with van der Waals surface area (Å²) in [5.74, 6) is 0.756. The highest BCUT2D eigenvalue weighted by Gasteiger charge is 2.17. The van der Waals surface area contributed by atoms with Crippen LogP contribution in [0.3, 0.4) is 0 Å². The minimum absolute atomic E-state index is 0.0266. The summed E-state index contributed by atoms with van der Waals surface area (Å²) in [6.45, 7) is 2.14.